The van der Waals surface area contributed by atoms with Gasteiger partial charge in [0.15, 0.2) is 0 Å². The number of aromatic nitrogens is 3. The average Bonchev–Trinajstić information content (AvgIpc) is 2.65. The topological polar surface area (TPSA) is 63.0 Å². The highest BCUT2D eigenvalue weighted by Gasteiger charge is 2.22. The van der Waals surface area contributed by atoms with E-state index in [9.17, 15) is 5.11 Å². The van der Waals surface area contributed by atoms with E-state index in [1.54, 1.807) is 4.68 Å². The Morgan fingerprint density at radius 3 is 3.20 bits per heavy atom. The molecule has 2 heterocycles. The summed E-state index contributed by atoms with van der Waals surface area (Å²) in [5.41, 5.74) is 0.871. The van der Waals surface area contributed by atoms with Crippen LogP contribution in [-0.2, 0) is 13.5 Å². The van der Waals surface area contributed by atoms with Crippen molar-refractivity contribution in [2.45, 2.75) is 25.4 Å². The third kappa shape index (κ3) is 2.76. The Kier molecular flexibility index (Phi) is 3.33. The largest absolute Gasteiger partial charge is 0.392 e. The van der Waals surface area contributed by atoms with Crippen molar-refractivity contribution in [3.8, 4) is 0 Å². The third-order valence-corrected chi connectivity index (χ3v) is 2.95. The van der Waals surface area contributed by atoms with E-state index in [0.29, 0.717) is 12.3 Å². The Bertz CT molecular complexity index is 306. The van der Waals surface area contributed by atoms with Gasteiger partial charge in [0.2, 0.25) is 0 Å². The second-order valence-electron chi connectivity index (χ2n) is 4.26. The fourth-order valence-corrected chi connectivity index (χ4v) is 2.08. The van der Waals surface area contributed by atoms with Crippen LogP contribution in [0.1, 0.15) is 18.5 Å². The predicted octanol–water partition coefficient (Wildman–Crippen LogP) is -0.282. The van der Waals surface area contributed by atoms with E-state index in [2.05, 4.69) is 15.6 Å². The lowest BCUT2D eigenvalue weighted by atomic mass is 9.91. The van der Waals surface area contributed by atoms with Crippen LogP contribution in [0.5, 0.6) is 0 Å². The number of aliphatic hydroxyl groups excluding tert-OH is 1. The molecule has 1 aliphatic heterocycles. The van der Waals surface area contributed by atoms with E-state index in [1.807, 2.05) is 13.2 Å². The molecular weight excluding hydrogens is 192 g/mol. The summed E-state index contributed by atoms with van der Waals surface area (Å²) >= 11 is 0. The highest BCUT2D eigenvalue weighted by atomic mass is 16.3. The number of nitrogens with zero attached hydrogens (tertiary/aromatic N) is 3. The van der Waals surface area contributed by atoms with Gasteiger partial charge in [-0.05, 0) is 25.3 Å². The molecule has 1 aliphatic rings. The lowest BCUT2D eigenvalue weighted by Gasteiger charge is -2.26. The molecule has 1 aromatic rings. The van der Waals surface area contributed by atoms with Gasteiger partial charge in [-0.3, -0.25) is 4.68 Å². The molecule has 0 bridgehead atoms. The zero-order valence-corrected chi connectivity index (χ0v) is 9.06. The van der Waals surface area contributed by atoms with Crippen LogP contribution in [-0.4, -0.2) is 39.3 Å². The summed E-state index contributed by atoms with van der Waals surface area (Å²) in [5.74, 6) is 0.362. The van der Waals surface area contributed by atoms with Crippen molar-refractivity contribution < 1.29 is 5.11 Å². The van der Waals surface area contributed by atoms with E-state index in [0.717, 1.165) is 31.6 Å². The maximum Gasteiger partial charge on any atom is 0.0852 e. The summed E-state index contributed by atoms with van der Waals surface area (Å²) in [6, 6.07) is 0. The smallest absolute Gasteiger partial charge is 0.0852 e. The van der Waals surface area contributed by atoms with Gasteiger partial charge in [0.1, 0.15) is 0 Å². The molecule has 2 unspecified atom stereocenters. The average molecular weight is 210 g/mol. The van der Waals surface area contributed by atoms with Gasteiger partial charge >= 0.3 is 0 Å². The van der Waals surface area contributed by atoms with Gasteiger partial charge in [-0.25, -0.2) is 0 Å². The van der Waals surface area contributed by atoms with E-state index in [4.69, 9.17) is 0 Å². The van der Waals surface area contributed by atoms with Crippen molar-refractivity contribution in [2.24, 2.45) is 13.0 Å². The van der Waals surface area contributed by atoms with Crippen LogP contribution in [0.2, 0.25) is 0 Å². The molecule has 1 saturated heterocycles. The van der Waals surface area contributed by atoms with Crippen LogP contribution in [0.4, 0.5) is 0 Å². The predicted molar refractivity (Wildman–Crippen MR) is 56.3 cm³/mol. The molecule has 5 heteroatoms. The standard InChI is InChI=1S/C10H18N4O/c1-14-7-9(12-13-14)5-10(15)8-3-2-4-11-6-8/h7-8,10-11,15H,2-6H2,1H3. The maximum absolute atomic E-state index is 10.0. The van der Waals surface area contributed by atoms with Crippen molar-refractivity contribution >= 4 is 0 Å². The van der Waals surface area contributed by atoms with Crippen molar-refractivity contribution in [3.05, 3.63) is 11.9 Å². The Balaban J connectivity index is 1.88. The molecule has 0 radical (unpaired) electrons. The molecule has 0 aliphatic carbocycles. The lowest BCUT2D eigenvalue weighted by Crippen LogP contribution is -2.37. The monoisotopic (exact) mass is 210 g/mol. The fraction of sp³-hybridized carbons (Fsp3) is 0.800. The summed E-state index contributed by atoms with van der Waals surface area (Å²) in [6.07, 6.45) is 4.44. The van der Waals surface area contributed by atoms with Crippen molar-refractivity contribution in [1.82, 2.24) is 20.3 Å². The number of aryl methyl sites for hydroxylation is 1. The summed E-state index contributed by atoms with van der Waals surface area (Å²) in [7, 11) is 1.84. The molecule has 15 heavy (non-hydrogen) atoms. The van der Waals surface area contributed by atoms with Crippen LogP contribution in [0.15, 0.2) is 6.20 Å². The normalized spacial score (nSPS) is 24.0. The van der Waals surface area contributed by atoms with Gasteiger partial charge in [-0.2, -0.15) is 0 Å². The molecular formula is C10H18N4O. The molecule has 2 atom stereocenters. The van der Waals surface area contributed by atoms with E-state index >= 15 is 0 Å². The van der Waals surface area contributed by atoms with Gasteiger partial charge < -0.3 is 10.4 Å². The van der Waals surface area contributed by atoms with Crippen LogP contribution < -0.4 is 5.32 Å². The summed E-state index contributed by atoms with van der Waals surface area (Å²) in [6.45, 7) is 2.00. The lowest BCUT2D eigenvalue weighted by molar-refractivity contribution is 0.0913. The number of hydrogen-bond donors (Lipinski definition) is 2. The Morgan fingerprint density at radius 2 is 2.60 bits per heavy atom. The zero-order chi connectivity index (χ0) is 10.7. The molecule has 84 valence electrons. The first kappa shape index (κ1) is 10.6. The first-order valence-electron chi connectivity index (χ1n) is 5.49. The van der Waals surface area contributed by atoms with Crippen LogP contribution in [0.3, 0.4) is 0 Å². The first-order chi connectivity index (χ1) is 7.25. The number of hydrogen-bond acceptors (Lipinski definition) is 4. The molecule has 5 nitrogen and oxygen atoms in total. The molecule has 2 N–H and O–H groups in total. The van der Waals surface area contributed by atoms with Gasteiger partial charge in [-0.15, -0.1) is 5.10 Å². The number of aliphatic hydroxyl groups is 1. The number of piperidine rings is 1. The molecule has 0 amide bonds. The quantitative estimate of drug-likeness (QED) is 0.720. The second kappa shape index (κ2) is 4.72. The maximum atomic E-state index is 10.0. The minimum Gasteiger partial charge on any atom is -0.392 e. The van der Waals surface area contributed by atoms with E-state index in [1.165, 1.54) is 0 Å². The van der Waals surface area contributed by atoms with Gasteiger partial charge in [0, 0.05) is 26.2 Å². The highest BCUT2D eigenvalue weighted by molar-refractivity contribution is 4.95. The van der Waals surface area contributed by atoms with Gasteiger partial charge in [0.25, 0.3) is 0 Å². The second-order valence-corrected chi connectivity index (χ2v) is 4.26. The van der Waals surface area contributed by atoms with Crippen LogP contribution in [0.25, 0.3) is 0 Å². The molecule has 2 rings (SSSR count). The summed E-state index contributed by atoms with van der Waals surface area (Å²) in [4.78, 5) is 0. The van der Waals surface area contributed by atoms with Crippen molar-refractivity contribution in [1.29, 1.82) is 0 Å². The molecule has 0 saturated carbocycles. The van der Waals surface area contributed by atoms with E-state index < -0.39 is 0 Å². The van der Waals surface area contributed by atoms with Gasteiger partial charge in [-0.1, -0.05) is 5.21 Å². The first-order valence-corrected chi connectivity index (χ1v) is 5.49. The van der Waals surface area contributed by atoms with Crippen LogP contribution in [0, 0.1) is 5.92 Å². The molecule has 1 fully saturated rings. The molecule has 0 spiro atoms. The number of rotatable bonds is 3. The molecule has 1 aromatic heterocycles. The summed E-state index contributed by atoms with van der Waals surface area (Å²) < 4.78 is 1.67. The van der Waals surface area contributed by atoms with E-state index in [-0.39, 0.29) is 6.10 Å². The third-order valence-electron chi connectivity index (χ3n) is 2.95. The molecule has 0 aromatic carbocycles. The SMILES string of the molecule is Cn1cc(CC(O)C2CCCNC2)nn1. The zero-order valence-electron chi connectivity index (χ0n) is 9.06. The van der Waals surface area contributed by atoms with Gasteiger partial charge in [0.05, 0.1) is 11.8 Å². The number of nitrogens with one attached hydrogen (secondary N) is 1. The fourth-order valence-electron chi connectivity index (χ4n) is 2.08. The Hall–Kier alpha value is -0.940. The Labute approximate surface area is 89.5 Å². The minimum absolute atomic E-state index is 0.297. The highest BCUT2D eigenvalue weighted by Crippen LogP contribution is 2.16. The minimum atomic E-state index is -0.297. The van der Waals surface area contributed by atoms with Crippen molar-refractivity contribution in [3.63, 3.8) is 0 Å². The van der Waals surface area contributed by atoms with Crippen molar-refractivity contribution in [2.75, 3.05) is 13.1 Å². The Morgan fingerprint density at radius 1 is 1.73 bits per heavy atom. The van der Waals surface area contributed by atoms with Crippen LogP contribution >= 0.6 is 0 Å². The summed E-state index contributed by atoms with van der Waals surface area (Å²) in [5, 5.41) is 21.2.